The van der Waals surface area contributed by atoms with Gasteiger partial charge in [0, 0.05) is 11.8 Å². The predicted molar refractivity (Wildman–Crippen MR) is 70.2 cm³/mol. The second kappa shape index (κ2) is 4.82. The molecule has 0 radical (unpaired) electrons. The van der Waals surface area contributed by atoms with Gasteiger partial charge in [-0.3, -0.25) is 0 Å². The van der Waals surface area contributed by atoms with Crippen LogP contribution in [0.15, 0.2) is 30.3 Å². The number of hydrogen-bond acceptors (Lipinski definition) is 2. The van der Waals surface area contributed by atoms with E-state index in [2.05, 4.69) is 5.32 Å². The first-order valence-electron chi connectivity index (χ1n) is 5.25. The number of nitrogens with two attached hydrogens (primary N) is 1. The number of anilines is 3. The third kappa shape index (κ3) is 2.54. The molecule has 0 saturated heterocycles. The molecule has 3 N–H and O–H groups in total. The summed E-state index contributed by atoms with van der Waals surface area (Å²) >= 11 is 5.59. The van der Waals surface area contributed by atoms with E-state index in [4.69, 9.17) is 17.3 Å². The van der Waals surface area contributed by atoms with Gasteiger partial charge in [-0.05, 0) is 30.7 Å². The number of nitrogens with one attached hydrogen (secondary N) is 1. The minimum Gasteiger partial charge on any atom is -0.397 e. The average molecular weight is 269 g/mol. The maximum atomic E-state index is 13.4. The quantitative estimate of drug-likeness (QED) is 0.799. The van der Waals surface area contributed by atoms with E-state index >= 15 is 0 Å². The summed E-state index contributed by atoms with van der Waals surface area (Å²) in [6, 6.07) is 7.12. The fourth-order valence-corrected chi connectivity index (χ4v) is 1.67. The summed E-state index contributed by atoms with van der Waals surface area (Å²) in [6.45, 7) is 1.66. The van der Waals surface area contributed by atoms with Crippen LogP contribution in [0.1, 0.15) is 5.56 Å². The standard InChI is InChI=1S/C13H11ClF2N2/c1-7-2-3-8(4-10(7)15)18-13-6-11(16)9(14)5-12(13)17/h2-6,18H,17H2,1H3. The molecule has 0 aliphatic rings. The van der Waals surface area contributed by atoms with Gasteiger partial charge in [0.1, 0.15) is 11.6 Å². The first kappa shape index (κ1) is 12.6. The highest BCUT2D eigenvalue weighted by Crippen LogP contribution is 2.29. The van der Waals surface area contributed by atoms with Gasteiger partial charge in [0.2, 0.25) is 0 Å². The Labute approximate surface area is 108 Å². The van der Waals surface area contributed by atoms with Gasteiger partial charge in [-0.2, -0.15) is 0 Å². The van der Waals surface area contributed by atoms with Crippen LogP contribution in [-0.2, 0) is 0 Å². The van der Waals surface area contributed by atoms with Gasteiger partial charge in [0.05, 0.1) is 16.4 Å². The van der Waals surface area contributed by atoms with E-state index in [9.17, 15) is 8.78 Å². The largest absolute Gasteiger partial charge is 0.397 e. The normalized spacial score (nSPS) is 10.4. The lowest BCUT2D eigenvalue weighted by Crippen LogP contribution is -1.98. The minimum atomic E-state index is -0.582. The molecule has 0 unspecified atom stereocenters. The number of aryl methyl sites for hydroxylation is 1. The van der Waals surface area contributed by atoms with E-state index in [-0.39, 0.29) is 10.8 Å². The lowest BCUT2D eigenvalue weighted by molar-refractivity contribution is 0.619. The molecule has 0 atom stereocenters. The van der Waals surface area contributed by atoms with Crippen molar-refractivity contribution in [3.63, 3.8) is 0 Å². The van der Waals surface area contributed by atoms with Gasteiger partial charge in [0.25, 0.3) is 0 Å². The lowest BCUT2D eigenvalue weighted by atomic mass is 10.2. The second-order valence-electron chi connectivity index (χ2n) is 3.94. The zero-order valence-electron chi connectivity index (χ0n) is 9.60. The molecule has 0 amide bonds. The molecular formula is C13H11ClF2N2. The van der Waals surface area contributed by atoms with Crippen molar-refractivity contribution in [2.24, 2.45) is 0 Å². The summed E-state index contributed by atoms with van der Waals surface area (Å²) in [4.78, 5) is 0. The Morgan fingerprint density at radius 2 is 1.83 bits per heavy atom. The molecule has 94 valence electrons. The Balaban J connectivity index is 2.34. The summed E-state index contributed by atoms with van der Waals surface area (Å²) in [7, 11) is 0. The van der Waals surface area contributed by atoms with Crippen LogP contribution in [0.2, 0.25) is 5.02 Å². The maximum Gasteiger partial charge on any atom is 0.144 e. The Morgan fingerprint density at radius 1 is 1.11 bits per heavy atom. The average Bonchev–Trinajstić information content (AvgIpc) is 2.31. The van der Waals surface area contributed by atoms with Crippen LogP contribution in [0.3, 0.4) is 0 Å². The molecule has 0 heterocycles. The highest BCUT2D eigenvalue weighted by Gasteiger charge is 2.07. The van der Waals surface area contributed by atoms with E-state index in [1.54, 1.807) is 19.1 Å². The maximum absolute atomic E-state index is 13.4. The molecule has 0 aliphatic heterocycles. The van der Waals surface area contributed by atoms with E-state index in [0.717, 1.165) is 0 Å². The predicted octanol–water partition coefficient (Wildman–Crippen LogP) is 4.25. The third-order valence-electron chi connectivity index (χ3n) is 2.54. The van der Waals surface area contributed by atoms with Crippen LogP contribution in [0.5, 0.6) is 0 Å². The Kier molecular flexibility index (Phi) is 3.39. The van der Waals surface area contributed by atoms with E-state index < -0.39 is 5.82 Å². The molecule has 2 aromatic rings. The summed E-state index contributed by atoms with van der Waals surface area (Å²) in [5, 5.41) is 2.80. The Hall–Kier alpha value is -1.81. The smallest absolute Gasteiger partial charge is 0.144 e. The van der Waals surface area contributed by atoms with Crippen LogP contribution in [-0.4, -0.2) is 0 Å². The highest BCUT2D eigenvalue weighted by molar-refractivity contribution is 6.31. The third-order valence-corrected chi connectivity index (χ3v) is 2.83. The molecule has 0 saturated carbocycles. The van der Waals surface area contributed by atoms with E-state index in [1.807, 2.05) is 0 Å². The molecule has 0 fully saturated rings. The van der Waals surface area contributed by atoms with Crippen molar-refractivity contribution in [1.82, 2.24) is 0 Å². The minimum absolute atomic E-state index is 0.0480. The number of nitrogen functional groups attached to an aromatic ring is 1. The van der Waals surface area contributed by atoms with Gasteiger partial charge in [-0.15, -0.1) is 0 Å². The van der Waals surface area contributed by atoms with Gasteiger partial charge >= 0.3 is 0 Å². The lowest BCUT2D eigenvalue weighted by Gasteiger charge is -2.11. The number of halogens is 3. The van der Waals surface area contributed by atoms with Crippen molar-refractivity contribution in [2.45, 2.75) is 6.92 Å². The molecular weight excluding hydrogens is 258 g/mol. The monoisotopic (exact) mass is 268 g/mol. The van der Waals surface area contributed by atoms with E-state index in [1.165, 1.54) is 18.2 Å². The summed E-state index contributed by atoms with van der Waals surface area (Å²) in [6.07, 6.45) is 0. The molecule has 0 aliphatic carbocycles. The van der Waals surface area contributed by atoms with Crippen LogP contribution in [0, 0.1) is 18.6 Å². The molecule has 18 heavy (non-hydrogen) atoms. The number of benzene rings is 2. The van der Waals surface area contributed by atoms with Gasteiger partial charge in [-0.1, -0.05) is 17.7 Å². The van der Waals surface area contributed by atoms with Gasteiger partial charge < -0.3 is 11.1 Å². The van der Waals surface area contributed by atoms with Crippen molar-refractivity contribution < 1.29 is 8.78 Å². The fourth-order valence-electron chi connectivity index (χ4n) is 1.50. The summed E-state index contributed by atoms with van der Waals surface area (Å²) < 4.78 is 26.7. The molecule has 0 spiro atoms. The summed E-state index contributed by atoms with van der Waals surface area (Å²) in [5.41, 5.74) is 7.37. The number of rotatable bonds is 2. The molecule has 2 nitrogen and oxygen atoms in total. The van der Waals surface area contributed by atoms with Crippen LogP contribution < -0.4 is 11.1 Å². The van der Waals surface area contributed by atoms with Crippen LogP contribution in [0.25, 0.3) is 0 Å². The van der Waals surface area contributed by atoms with Crippen LogP contribution >= 0.6 is 11.6 Å². The molecule has 5 heteroatoms. The molecule has 2 rings (SSSR count). The van der Waals surface area contributed by atoms with Crippen molar-refractivity contribution in [3.8, 4) is 0 Å². The fraction of sp³-hybridized carbons (Fsp3) is 0.0769. The van der Waals surface area contributed by atoms with Crippen LogP contribution in [0.4, 0.5) is 25.8 Å². The first-order chi connectivity index (χ1) is 8.47. The number of hydrogen-bond donors (Lipinski definition) is 2. The summed E-state index contributed by atoms with van der Waals surface area (Å²) in [5.74, 6) is -0.922. The van der Waals surface area contributed by atoms with Gasteiger partial charge in [0.15, 0.2) is 0 Å². The van der Waals surface area contributed by atoms with Gasteiger partial charge in [-0.25, -0.2) is 8.78 Å². The zero-order chi connectivity index (χ0) is 13.3. The molecule has 2 aromatic carbocycles. The molecule has 0 bridgehead atoms. The topological polar surface area (TPSA) is 38.0 Å². The van der Waals surface area contributed by atoms with Crippen molar-refractivity contribution in [2.75, 3.05) is 11.1 Å². The second-order valence-corrected chi connectivity index (χ2v) is 4.35. The van der Waals surface area contributed by atoms with Crippen molar-refractivity contribution >= 4 is 28.7 Å². The van der Waals surface area contributed by atoms with Crippen molar-refractivity contribution in [3.05, 3.63) is 52.6 Å². The molecule has 0 aromatic heterocycles. The highest BCUT2D eigenvalue weighted by atomic mass is 35.5. The zero-order valence-corrected chi connectivity index (χ0v) is 10.4. The van der Waals surface area contributed by atoms with E-state index in [0.29, 0.717) is 22.6 Å². The Bertz CT molecular complexity index is 600. The Morgan fingerprint density at radius 3 is 2.50 bits per heavy atom. The van der Waals surface area contributed by atoms with Crippen molar-refractivity contribution in [1.29, 1.82) is 0 Å². The SMILES string of the molecule is Cc1ccc(Nc2cc(F)c(Cl)cc2N)cc1F. The first-order valence-corrected chi connectivity index (χ1v) is 5.63.